The van der Waals surface area contributed by atoms with Crippen molar-refractivity contribution in [2.75, 3.05) is 39.4 Å². The lowest BCUT2D eigenvalue weighted by Gasteiger charge is -2.31. The fraction of sp³-hybridized carbons (Fsp3) is 0.391. The van der Waals surface area contributed by atoms with E-state index in [1.165, 1.54) is 11.1 Å². The van der Waals surface area contributed by atoms with E-state index in [1.807, 2.05) is 0 Å². The van der Waals surface area contributed by atoms with Gasteiger partial charge in [-0.05, 0) is 31.5 Å². The number of morpholine rings is 1. The number of carbonyl (C=O) groups excluding carboxylic acids is 2. The average Bonchev–Trinajstić information content (AvgIpc) is 3.03. The van der Waals surface area contributed by atoms with E-state index in [1.54, 1.807) is 38.1 Å². The standard InChI is InChI=1S/C23H25ClN4O4/c1-14-18(13-25-15(2)26-14)21(29)19-20(16-3-5-17(24)6-4-16)28(23(31)22(19)30)8-7-27-9-11-32-12-10-27/h3-6,13,20,29H,7-12H2,1-2H3/b21-19+/t20-/m0/s1. The van der Waals surface area contributed by atoms with Gasteiger partial charge in [0.25, 0.3) is 11.7 Å². The van der Waals surface area contributed by atoms with E-state index in [0.717, 1.165) is 13.1 Å². The molecule has 9 heteroatoms. The summed E-state index contributed by atoms with van der Waals surface area (Å²) in [6.45, 7) is 7.26. The van der Waals surface area contributed by atoms with Gasteiger partial charge in [-0.15, -0.1) is 0 Å². The van der Waals surface area contributed by atoms with Gasteiger partial charge in [0.2, 0.25) is 0 Å². The Labute approximate surface area is 191 Å². The van der Waals surface area contributed by atoms with Crippen LogP contribution in [0, 0.1) is 13.8 Å². The molecule has 2 aliphatic heterocycles. The second kappa shape index (κ2) is 9.36. The highest BCUT2D eigenvalue weighted by atomic mass is 35.5. The molecule has 1 aromatic heterocycles. The van der Waals surface area contributed by atoms with Crippen LogP contribution in [0.25, 0.3) is 5.76 Å². The van der Waals surface area contributed by atoms with Crippen molar-refractivity contribution in [3.63, 3.8) is 0 Å². The van der Waals surface area contributed by atoms with Crippen molar-refractivity contribution in [3.8, 4) is 0 Å². The number of aryl methyl sites for hydroxylation is 2. The molecule has 1 atom stereocenters. The third-order valence-electron chi connectivity index (χ3n) is 5.84. The van der Waals surface area contributed by atoms with Crippen molar-refractivity contribution in [1.29, 1.82) is 0 Å². The molecule has 0 spiro atoms. The molecule has 0 bridgehead atoms. The van der Waals surface area contributed by atoms with Crippen LogP contribution in [-0.2, 0) is 14.3 Å². The van der Waals surface area contributed by atoms with Crippen LogP contribution in [0.5, 0.6) is 0 Å². The number of ether oxygens (including phenoxy) is 1. The van der Waals surface area contributed by atoms with Crippen molar-refractivity contribution in [1.82, 2.24) is 19.8 Å². The smallest absolute Gasteiger partial charge is 0.295 e. The van der Waals surface area contributed by atoms with Gasteiger partial charge in [-0.1, -0.05) is 23.7 Å². The lowest BCUT2D eigenvalue weighted by Crippen LogP contribution is -2.42. The number of aromatic nitrogens is 2. The lowest BCUT2D eigenvalue weighted by atomic mass is 9.95. The van der Waals surface area contributed by atoms with Gasteiger partial charge in [0.15, 0.2) is 0 Å². The largest absolute Gasteiger partial charge is 0.507 e. The molecule has 32 heavy (non-hydrogen) atoms. The normalized spacial score (nSPS) is 21.3. The van der Waals surface area contributed by atoms with Gasteiger partial charge in [0.1, 0.15) is 11.6 Å². The number of benzene rings is 1. The van der Waals surface area contributed by atoms with Gasteiger partial charge < -0.3 is 14.7 Å². The molecule has 168 valence electrons. The van der Waals surface area contributed by atoms with Gasteiger partial charge >= 0.3 is 0 Å². The molecule has 0 unspecified atom stereocenters. The van der Waals surface area contributed by atoms with Gasteiger partial charge in [-0.3, -0.25) is 14.5 Å². The molecule has 3 heterocycles. The van der Waals surface area contributed by atoms with Crippen LogP contribution in [0.1, 0.15) is 28.7 Å². The summed E-state index contributed by atoms with van der Waals surface area (Å²) < 4.78 is 5.39. The summed E-state index contributed by atoms with van der Waals surface area (Å²) in [6, 6.07) is 6.23. The van der Waals surface area contributed by atoms with E-state index in [4.69, 9.17) is 16.3 Å². The molecule has 2 fully saturated rings. The summed E-state index contributed by atoms with van der Waals surface area (Å²) in [6.07, 6.45) is 1.48. The Bertz CT molecular complexity index is 1060. The summed E-state index contributed by atoms with van der Waals surface area (Å²) in [7, 11) is 0. The van der Waals surface area contributed by atoms with Gasteiger partial charge in [0.05, 0.1) is 36.1 Å². The first-order valence-corrected chi connectivity index (χ1v) is 10.9. The summed E-state index contributed by atoms with van der Waals surface area (Å²) in [5.74, 6) is -1.07. The topological polar surface area (TPSA) is 95.9 Å². The van der Waals surface area contributed by atoms with Crippen LogP contribution in [-0.4, -0.2) is 76.0 Å². The number of aliphatic hydroxyl groups is 1. The molecule has 0 aliphatic carbocycles. The maximum atomic E-state index is 13.1. The molecular formula is C23H25ClN4O4. The summed E-state index contributed by atoms with van der Waals surface area (Å²) >= 11 is 6.06. The minimum absolute atomic E-state index is 0.0369. The van der Waals surface area contributed by atoms with E-state index in [9.17, 15) is 14.7 Å². The minimum Gasteiger partial charge on any atom is -0.507 e. The summed E-state index contributed by atoms with van der Waals surface area (Å²) in [5.41, 5.74) is 1.60. The number of hydrogen-bond donors (Lipinski definition) is 1. The zero-order chi connectivity index (χ0) is 22.8. The Balaban J connectivity index is 1.75. The third-order valence-corrected chi connectivity index (χ3v) is 6.09. The van der Waals surface area contributed by atoms with E-state index in [2.05, 4.69) is 14.9 Å². The molecule has 2 aromatic rings. The molecule has 8 nitrogen and oxygen atoms in total. The number of aliphatic hydroxyl groups excluding tert-OH is 1. The number of likely N-dealkylation sites (tertiary alicyclic amines) is 1. The summed E-state index contributed by atoms with van der Waals surface area (Å²) in [5, 5.41) is 11.7. The monoisotopic (exact) mass is 456 g/mol. The quantitative estimate of drug-likeness (QED) is 0.419. The van der Waals surface area contributed by atoms with Crippen molar-refractivity contribution < 1.29 is 19.4 Å². The second-order valence-corrected chi connectivity index (χ2v) is 8.35. The van der Waals surface area contributed by atoms with Gasteiger partial charge in [0, 0.05) is 37.4 Å². The highest BCUT2D eigenvalue weighted by Crippen LogP contribution is 2.39. The maximum Gasteiger partial charge on any atom is 0.295 e. The Hall–Kier alpha value is -2.81. The highest BCUT2D eigenvalue weighted by molar-refractivity contribution is 6.46. The van der Waals surface area contributed by atoms with Crippen LogP contribution >= 0.6 is 11.6 Å². The molecule has 0 radical (unpaired) electrons. The number of carbonyl (C=O) groups is 2. The zero-order valence-electron chi connectivity index (χ0n) is 18.0. The molecule has 0 saturated carbocycles. The van der Waals surface area contributed by atoms with Crippen LogP contribution in [0.2, 0.25) is 5.02 Å². The van der Waals surface area contributed by atoms with Crippen molar-refractivity contribution in [3.05, 3.63) is 63.7 Å². The number of Topliss-reactive ketones (excluding diaryl/α,β-unsaturated/α-hetero) is 1. The SMILES string of the molecule is Cc1ncc(/C(O)=C2\C(=O)C(=O)N(CCN3CCOCC3)[C@H]2c2ccc(Cl)cc2)c(C)n1. The molecular weight excluding hydrogens is 432 g/mol. The Morgan fingerprint density at radius 2 is 1.84 bits per heavy atom. The molecule has 2 aliphatic rings. The average molecular weight is 457 g/mol. The predicted molar refractivity (Wildman–Crippen MR) is 119 cm³/mol. The lowest BCUT2D eigenvalue weighted by molar-refractivity contribution is -0.140. The number of ketones is 1. The summed E-state index contributed by atoms with van der Waals surface area (Å²) in [4.78, 5) is 38.3. The Morgan fingerprint density at radius 3 is 2.50 bits per heavy atom. The Kier molecular flexibility index (Phi) is 6.55. The van der Waals surface area contributed by atoms with Crippen LogP contribution in [0.3, 0.4) is 0 Å². The highest BCUT2D eigenvalue weighted by Gasteiger charge is 2.46. The predicted octanol–water partition coefficient (Wildman–Crippen LogP) is 2.50. The second-order valence-electron chi connectivity index (χ2n) is 7.91. The van der Waals surface area contributed by atoms with Gasteiger partial charge in [-0.25, -0.2) is 9.97 Å². The van der Waals surface area contributed by atoms with E-state index in [-0.39, 0.29) is 11.3 Å². The van der Waals surface area contributed by atoms with Crippen LogP contribution in [0.4, 0.5) is 0 Å². The first-order chi connectivity index (χ1) is 15.4. The number of hydrogen-bond acceptors (Lipinski definition) is 7. The van der Waals surface area contributed by atoms with Gasteiger partial charge in [-0.2, -0.15) is 0 Å². The molecule has 1 aromatic carbocycles. The van der Waals surface area contributed by atoms with Crippen molar-refractivity contribution in [2.45, 2.75) is 19.9 Å². The fourth-order valence-corrected chi connectivity index (χ4v) is 4.26. The van der Waals surface area contributed by atoms with E-state index in [0.29, 0.717) is 54.0 Å². The van der Waals surface area contributed by atoms with Crippen molar-refractivity contribution in [2.24, 2.45) is 0 Å². The molecule has 1 N–H and O–H groups in total. The fourth-order valence-electron chi connectivity index (χ4n) is 4.14. The van der Waals surface area contributed by atoms with E-state index >= 15 is 0 Å². The first-order valence-electron chi connectivity index (χ1n) is 10.5. The van der Waals surface area contributed by atoms with Crippen LogP contribution in [0.15, 0.2) is 36.0 Å². The molecule has 2 saturated heterocycles. The third kappa shape index (κ3) is 4.39. The number of halogens is 1. The zero-order valence-corrected chi connectivity index (χ0v) is 18.8. The minimum atomic E-state index is -0.728. The molecule has 4 rings (SSSR count). The van der Waals surface area contributed by atoms with E-state index < -0.39 is 17.7 Å². The Morgan fingerprint density at radius 1 is 1.16 bits per heavy atom. The van der Waals surface area contributed by atoms with Crippen molar-refractivity contribution >= 4 is 29.1 Å². The maximum absolute atomic E-state index is 13.1. The first kappa shape index (κ1) is 22.4. The number of rotatable bonds is 5. The molecule has 1 amide bonds. The van der Waals surface area contributed by atoms with Crippen LogP contribution < -0.4 is 0 Å². The number of nitrogens with zero attached hydrogens (tertiary/aromatic N) is 4. The number of amides is 1.